The van der Waals surface area contributed by atoms with Crippen molar-refractivity contribution in [1.82, 2.24) is 19.5 Å². The van der Waals surface area contributed by atoms with Crippen LogP contribution in [0.15, 0.2) is 65.4 Å². The van der Waals surface area contributed by atoms with Gasteiger partial charge in [-0.3, -0.25) is 9.29 Å². The van der Waals surface area contributed by atoms with Crippen LogP contribution in [-0.4, -0.2) is 27.9 Å². The van der Waals surface area contributed by atoms with Crippen molar-refractivity contribution in [3.8, 4) is 5.82 Å². The highest BCUT2D eigenvalue weighted by atomic mass is 32.2. The van der Waals surface area contributed by atoms with Crippen LogP contribution in [-0.2, 0) is 10.0 Å². The van der Waals surface area contributed by atoms with Gasteiger partial charge in [-0.1, -0.05) is 0 Å². The molecule has 0 aliphatic heterocycles. The van der Waals surface area contributed by atoms with Gasteiger partial charge in [0.25, 0.3) is 10.0 Å². The Morgan fingerprint density at radius 2 is 1.72 bits per heavy atom. The second kappa shape index (κ2) is 7.64. The maximum atomic E-state index is 12.4. The van der Waals surface area contributed by atoms with Crippen LogP contribution in [0.1, 0.15) is 10.7 Å². The van der Waals surface area contributed by atoms with Crippen molar-refractivity contribution in [2.24, 2.45) is 0 Å². The minimum Gasteiger partial charge on any atom is -0.340 e. The zero-order valence-electron chi connectivity index (χ0n) is 15.7. The molecular formula is C19H18N6O2S2. The van der Waals surface area contributed by atoms with E-state index in [1.807, 2.05) is 30.7 Å². The SMILES string of the molecule is Cc1ccc(S(=O)(=O)Nc2ccc(Nc3cc(-n4ccnc4C)ncn3)cc2)s1. The third kappa shape index (κ3) is 4.28. The summed E-state index contributed by atoms with van der Waals surface area (Å²) < 4.78 is 29.6. The Bertz CT molecular complexity index is 1250. The van der Waals surface area contributed by atoms with Gasteiger partial charge in [0, 0.05) is 34.7 Å². The molecule has 0 atom stereocenters. The van der Waals surface area contributed by atoms with E-state index in [2.05, 4.69) is 25.0 Å². The molecule has 0 spiro atoms. The fourth-order valence-corrected chi connectivity index (χ4v) is 5.04. The van der Waals surface area contributed by atoms with Crippen LogP contribution in [0.5, 0.6) is 0 Å². The topological polar surface area (TPSA) is 102 Å². The van der Waals surface area contributed by atoms with E-state index in [-0.39, 0.29) is 0 Å². The fourth-order valence-electron chi connectivity index (χ4n) is 2.70. The molecule has 0 bridgehead atoms. The van der Waals surface area contributed by atoms with Crippen molar-refractivity contribution in [1.29, 1.82) is 0 Å². The summed E-state index contributed by atoms with van der Waals surface area (Å²) in [6.45, 7) is 3.77. The van der Waals surface area contributed by atoms with E-state index in [0.717, 1.165) is 16.4 Å². The number of nitrogens with one attached hydrogen (secondary N) is 2. The Morgan fingerprint density at radius 3 is 2.38 bits per heavy atom. The molecule has 0 fully saturated rings. The lowest BCUT2D eigenvalue weighted by atomic mass is 10.3. The smallest absolute Gasteiger partial charge is 0.271 e. The Labute approximate surface area is 172 Å². The number of rotatable bonds is 6. The number of nitrogens with zero attached hydrogens (tertiary/aromatic N) is 4. The monoisotopic (exact) mass is 426 g/mol. The Hall–Kier alpha value is -3.24. The molecule has 2 N–H and O–H groups in total. The molecule has 29 heavy (non-hydrogen) atoms. The molecular weight excluding hydrogens is 408 g/mol. The van der Waals surface area contributed by atoms with Crippen LogP contribution in [0.4, 0.5) is 17.2 Å². The molecule has 0 aliphatic rings. The fraction of sp³-hybridized carbons (Fsp3) is 0.105. The van der Waals surface area contributed by atoms with E-state index in [4.69, 9.17) is 0 Å². The summed E-state index contributed by atoms with van der Waals surface area (Å²) in [5.41, 5.74) is 1.26. The number of sulfonamides is 1. The highest BCUT2D eigenvalue weighted by Gasteiger charge is 2.16. The number of benzene rings is 1. The molecule has 0 amide bonds. The molecule has 0 radical (unpaired) electrons. The van der Waals surface area contributed by atoms with Gasteiger partial charge in [0.05, 0.1) is 0 Å². The predicted molar refractivity (Wildman–Crippen MR) is 113 cm³/mol. The molecule has 0 saturated heterocycles. The number of aryl methyl sites for hydroxylation is 2. The van der Waals surface area contributed by atoms with E-state index >= 15 is 0 Å². The zero-order valence-corrected chi connectivity index (χ0v) is 17.3. The minimum atomic E-state index is -3.58. The zero-order chi connectivity index (χ0) is 20.4. The van der Waals surface area contributed by atoms with Gasteiger partial charge < -0.3 is 5.32 Å². The van der Waals surface area contributed by atoms with E-state index in [0.29, 0.717) is 21.5 Å². The second-order valence-corrected chi connectivity index (χ2v) is 9.48. The van der Waals surface area contributed by atoms with E-state index in [9.17, 15) is 8.42 Å². The highest BCUT2D eigenvalue weighted by molar-refractivity contribution is 7.94. The predicted octanol–water partition coefficient (Wildman–Crippen LogP) is 3.89. The van der Waals surface area contributed by atoms with Gasteiger partial charge in [0.1, 0.15) is 28.0 Å². The Morgan fingerprint density at radius 1 is 0.966 bits per heavy atom. The number of aromatic nitrogens is 4. The lowest BCUT2D eigenvalue weighted by Gasteiger charge is -2.10. The summed E-state index contributed by atoms with van der Waals surface area (Å²) in [5, 5.41) is 3.19. The van der Waals surface area contributed by atoms with Crippen molar-refractivity contribution in [3.05, 3.63) is 71.9 Å². The van der Waals surface area contributed by atoms with Crippen molar-refractivity contribution in [2.75, 3.05) is 10.0 Å². The lowest BCUT2D eigenvalue weighted by Crippen LogP contribution is -2.11. The van der Waals surface area contributed by atoms with Crippen molar-refractivity contribution in [3.63, 3.8) is 0 Å². The molecule has 148 valence electrons. The van der Waals surface area contributed by atoms with Crippen LogP contribution in [0.25, 0.3) is 5.82 Å². The van der Waals surface area contributed by atoms with Gasteiger partial charge in [-0.05, 0) is 50.2 Å². The number of hydrogen-bond acceptors (Lipinski definition) is 7. The number of hydrogen-bond donors (Lipinski definition) is 2. The molecule has 4 aromatic rings. The summed E-state index contributed by atoms with van der Waals surface area (Å²) in [5.74, 6) is 2.14. The van der Waals surface area contributed by atoms with E-state index < -0.39 is 10.0 Å². The summed E-state index contributed by atoms with van der Waals surface area (Å²) in [7, 11) is -3.58. The molecule has 0 unspecified atom stereocenters. The largest absolute Gasteiger partial charge is 0.340 e. The maximum absolute atomic E-state index is 12.4. The van der Waals surface area contributed by atoms with Gasteiger partial charge in [-0.25, -0.2) is 23.4 Å². The van der Waals surface area contributed by atoms with Crippen LogP contribution in [0.2, 0.25) is 0 Å². The normalized spacial score (nSPS) is 11.4. The van der Waals surface area contributed by atoms with Gasteiger partial charge in [0.15, 0.2) is 0 Å². The average Bonchev–Trinajstić information content (AvgIpc) is 3.32. The van der Waals surface area contributed by atoms with Crippen molar-refractivity contribution in [2.45, 2.75) is 18.1 Å². The van der Waals surface area contributed by atoms with Gasteiger partial charge >= 0.3 is 0 Å². The van der Waals surface area contributed by atoms with Crippen molar-refractivity contribution >= 4 is 38.6 Å². The van der Waals surface area contributed by atoms with E-state index in [1.54, 1.807) is 42.6 Å². The van der Waals surface area contributed by atoms with Crippen LogP contribution >= 0.6 is 11.3 Å². The molecule has 10 heteroatoms. The molecule has 3 aromatic heterocycles. The molecule has 0 saturated carbocycles. The van der Waals surface area contributed by atoms with Gasteiger partial charge in [-0.2, -0.15) is 0 Å². The number of thiophene rings is 1. The third-order valence-corrected chi connectivity index (χ3v) is 6.99. The summed E-state index contributed by atoms with van der Waals surface area (Å²) in [4.78, 5) is 13.6. The first kappa shape index (κ1) is 19.1. The van der Waals surface area contributed by atoms with Crippen LogP contribution in [0.3, 0.4) is 0 Å². The van der Waals surface area contributed by atoms with Crippen molar-refractivity contribution < 1.29 is 8.42 Å². The first-order valence-electron chi connectivity index (χ1n) is 8.69. The third-order valence-electron chi connectivity index (χ3n) is 4.12. The summed E-state index contributed by atoms with van der Waals surface area (Å²) in [6, 6.07) is 12.2. The molecule has 3 heterocycles. The minimum absolute atomic E-state index is 0.292. The molecule has 1 aromatic carbocycles. The Kier molecular flexibility index (Phi) is 5.03. The molecule has 0 aliphatic carbocycles. The first-order chi connectivity index (χ1) is 13.9. The first-order valence-corrected chi connectivity index (χ1v) is 11.0. The highest BCUT2D eigenvalue weighted by Crippen LogP contribution is 2.25. The van der Waals surface area contributed by atoms with Crippen LogP contribution in [0, 0.1) is 13.8 Å². The standard InChI is InChI=1S/C19H18N6O2S2/c1-13-3-8-19(28-13)29(26,27)24-16-6-4-15(5-7-16)23-17-11-18(22-12-21-17)25-10-9-20-14(25)2/h3-12,24H,1-2H3,(H,21,22,23). The summed E-state index contributed by atoms with van der Waals surface area (Å²) >= 11 is 1.24. The van der Waals surface area contributed by atoms with Gasteiger partial charge in [-0.15, -0.1) is 11.3 Å². The second-order valence-electron chi connectivity index (χ2n) is 6.28. The van der Waals surface area contributed by atoms with Gasteiger partial charge in [0.2, 0.25) is 0 Å². The Balaban J connectivity index is 1.48. The summed E-state index contributed by atoms with van der Waals surface area (Å²) in [6.07, 6.45) is 5.02. The van der Waals surface area contributed by atoms with Crippen LogP contribution < -0.4 is 10.0 Å². The lowest BCUT2D eigenvalue weighted by molar-refractivity contribution is 0.603. The van der Waals surface area contributed by atoms with E-state index in [1.165, 1.54) is 17.7 Å². The number of imidazole rings is 1. The maximum Gasteiger partial charge on any atom is 0.271 e. The molecule has 8 nitrogen and oxygen atoms in total. The average molecular weight is 427 g/mol. The quantitative estimate of drug-likeness (QED) is 0.485. The number of anilines is 3. The molecule has 4 rings (SSSR count).